The van der Waals surface area contributed by atoms with Crippen LogP contribution in [0.3, 0.4) is 0 Å². The first-order valence-electron chi connectivity index (χ1n) is 11.9. The molecule has 1 aliphatic heterocycles. The minimum Gasteiger partial charge on any atom is -0.497 e. The van der Waals surface area contributed by atoms with E-state index in [4.69, 9.17) is 9.47 Å². The monoisotopic (exact) mass is 445 g/mol. The molecule has 1 aromatic carbocycles. The average Bonchev–Trinajstić information content (AvgIpc) is 2.75. The Morgan fingerprint density at radius 3 is 2.47 bits per heavy atom. The van der Waals surface area contributed by atoms with Gasteiger partial charge in [0.15, 0.2) is 0 Å². The maximum atomic E-state index is 13.3. The molecular weight excluding hydrogens is 406 g/mol. The number of carbonyl (C=O) groups is 2. The van der Waals surface area contributed by atoms with Crippen LogP contribution >= 0.6 is 0 Å². The average molecular weight is 446 g/mol. The molecule has 178 valence electrons. The van der Waals surface area contributed by atoms with E-state index < -0.39 is 5.60 Å². The van der Waals surface area contributed by atoms with Crippen LogP contribution in [0.25, 0.3) is 0 Å². The topological polar surface area (TPSA) is 62.3 Å². The van der Waals surface area contributed by atoms with Crippen molar-refractivity contribution in [3.05, 3.63) is 29.3 Å². The van der Waals surface area contributed by atoms with E-state index in [9.17, 15) is 9.59 Å². The number of piperazine rings is 1. The fourth-order valence-corrected chi connectivity index (χ4v) is 4.56. The summed E-state index contributed by atoms with van der Waals surface area (Å²) in [5.74, 6) is 1.06. The van der Waals surface area contributed by atoms with E-state index in [1.165, 1.54) is 11.1 Å². The van der Waals surface area contributed by atoms with Crippen LogP contribution in [0.15, 0.2) is 18.2 Å². The van der Waals surface area contributed by atoms with Gasteiger partial charge in [-0.1, -0.05) is 13.0 Å². The molecule has 1 saturated heterocycles. The molecule has 7 heteroatoms. The first-order chi connectivity index (χ1) is 15.2. The third-order valence-electron chi connectivity index (χ3n) is 6.22. The summed E-state index contributed by atoms with van der Waals surface area (Å²) in [6, 6.07) is 6.52. The Labute approximate surface area is 192 Å². The van der Waals surface area contributed by atoms with Gasteiger partial charge in [-0.05, 0) is 69.7 Å². The summed E-state index contributed by atoms with van der Waals surface area (Å²) in [4.78, 5) is 31.6. The number of rotatable bonds is 6. The first-order valence-corrected chi connectivity index (χ1v) is 11.9. The molecule has 2 amide bonds. The van der Waals surface area contributed by atoms with Crippen molar-refractivity contribution in [3.8, 4) is 5.75 Å². The number of hydrogen-bond acceptors (Lipinski definition) is 5. The van der Waals surface area contributed by atoms with Crippen molar-refractivity contribution in [3.63, 3.8) is 0 Å². The van der Waals surface area contributed by atoms with Crippen molar-refractivity contribution in [2.75, 3.05) is 46.4 Å². The van der Waals surface area contributed by atoms with E-state index in [1.54, 1.807) is 12.0 Å². The molecule has 0 aromatic heterocycles. The van der Waals surface area contributed by atoms with Gasteiger partial charge in [0.05, 0.1) is 13.7 Å². The van der Waals surface area contributed by atoms with Crippen molar-refractivity contribution in [2.24, 2.45) is 0 Å². The standard InChI is InChI=1S/C25H39N3O4/c1-6-11-28(21-9-7-19-8-10-22(31-5)17-20(19)16-21)23(29)18-26-12-14-27(15-13-26)24(30)32-25(2,3)4/h8,10,17,21H,6-7,9,11-16,18H2,1-5H3/t21-/m1/s1. The van der Waals surface area contributed by atoms with E-state index >= 15 is 0 Å². The highest BCUT2D eigenvalue weighted by molar-refractivity contribution is 5.79. The Balaban J connectivity index is 1.56. The number of ether oxygens (including phenoxy) is 2. The highest BCUT2D eigenvalue weighted by atomic mass is 16.6. The normalized spacial score (nSPS) is 19.3. The van der Waals surface area contributed by atoms with Gasteiger partial charge in [0.1, 0.15) is 11.4 Å². The fraction of sp³-hybridized carbons (Fsp3) is 0.680. The van der Waals surface area contributed by atoms with Crippen LogP contribution in [0.5, 0.6) is 5.75 Å². The Morgan fingerprint density at radius 2 is 1.84 bits per heavy atom. The van der Waals surface area contributed by atoms with Gasteiger partial charge >= 0.3 is 6.09 Å². The van der Waals surface area contributed by atoms with Gasteiger partial charge in [-0.25, -0.2) is 4.79 Å². The van der Waals surface area contributed by atoms with Gasteiger partial charge < -0.3 is 19.3 Å². The molecule has 0 radical (unpaired) electrons. The zero-order valence-corrected chi connectivity index (χ0v) is 20.4. The zero-order valence-electron chi connectivity index (χ0n) is 20.4. The van der Waals surface area contributed by atoms with Gasteiger partial charge in [0.25, 0.3) is 0 Å². The first kappa shape index (κ1) is 24.4. The molecular formula is C25H39N3O4. The summed E-state index contributed by atoms with van der Waals surface area (Å²) in [7, 11) is 1.69. The molecule has 7 nitrogen and oxygen atoms in total. The summed E-state index contributed by atoms with van der Waals surface area (Å²) in [5.41, 5.74) is 2.16. The lowest BCUT2D eigenvalue weighted by Gasteiger charge is -2.38. The highest BCUT2D eigenvalue weighted by Crippen LogP contribution is 2.28. The smallest absolute Gasteiger partial charge is 0.410 e. The number of hydrogen-bond donors (Lipinski definition) is 0. The number of benzene rings is 1. The summed E-state index contributed by atoms with van der Waals surface area (Å²) >= 11 is 0. The second-order valence-electron chi connectivity index (χ2n) is 9.86. The molecule has 1 aliphatic carbocycles. The van der Waals surface area contributed by atoms with Crippen LogP contribution in [0.4, 0.5) is 4.79 Å². The molecule has 1 atom stereocenters. The third-order valence-corrected chi connectivity index (χ3v) is 6.22. The number of methoxy groups -OCH3 is 1. The maximum Gasteiger partial charge on any atom is 0.410 e. The minimum atomic E-state index is -0.493. The Bertz CT molecular complexity index is 797. The molecule has 1 heterocycles. The summed E-state index contributed by atoms with van der Waals surface area (Å²) in [6.07, 6.45) is 3.54. The van der Waals surface area contributed by atoms with E-state index in [-0.39, 0.29) is 18.0 Å². The number of amides is 2. The largest absolute Gasteiger partial charge is 0.497 e. The van der Waals surface area contributed by atoms with Crippen molar-refractivity contribution in [1.82, 2.24) is 14.7 Å². The predicted molar refractivity (Wildman–Crippen MR) is 125 cm³/mol. The number of aryl methyl sites for hydroxylation is 1. The molecule has 1 aromatic rings. The van der Waals surface area contributed by atoms with Crippen LogP contribution in [-0.2, 0) is 22.4 Å². The molecule has 0 bridgehead atoms. The number of fused-ring (bicyclic) bond motifs is 1. The molecule has 1 fully saturated rings. The van der Waals surface area contributed by atoms with Crippen LogP contribution < -0.4 is 4.74 Å². The lowest BCUT2D eigenvalue weighted by Crippen LogP contribution is -2.54. The van der Waals surface area contributed by atoms with Crippen molar-refractivity contribution >= 4 is 12.0 Å². The van der Waals surface area contributed by atoms with Crippen molar-refractivity contribution in [2.45, 2.75) is 65.0 Å². The molecule has 3 rings (SSSR count). The third kappa shape index (κ3) is 6.37. The highest BCUT2D eigenvalue weighted by Gasteiger charge is 2.30. The quantitative estimate of drug-likeness (QED) is 0.672. The molecule has 0 N–H and O–H groups in total. The number of nitrogens with zero attached hydrogens (tertiary/aromatic N) is 3. The molecule has 0 unspecified atom stereocenters. The van der Waals surface area contributed by atoms with Crippen molar-refractivity contribution < 1.29 is 19.1 Å². The van der Waals surface area contributed by atoms with E-state index in [0.29, 0.717) is 32.7 Å². The van der Waals surface area contributed by atoms with Crippen LogP contribution in [-0.4, -0.2) is 84.7 Å². The zero-order chi connectivity index (χ0) is 23.3. The molecule has 0 saturated carbocycles. The van der Waals surface area contributed by atoms with Crippen molar-refractivity contribution in [1.29, 1.82) is 0 Å². The molecule has 32 heavy (non-hydrogen) atoms. The lowest BCUT2D eigenvalue weighted by molar-refractivity contribution is -0.135. The van der Waals surface area contributed by atoms with Gasteiger partial charge in [0, 0.05) is 38.8 Å². The van der Waals surface area contributed by atoms with Crippen LogP contribution in [0.2, 0.25) is 0 Å². The molecule has 0 spiro atoms. The predicted octanol–water partition coefficient (Wildman–Crippen LogP) is 3.34. The van der Waals surface area contributed by atoms with E-state index in [2.05, 4.69) is 28.9 Å². The van der Waals surface area contributed by atoms with Gasteiger partial charge in [0.2, 0.25) is 5.91 Å². The maximum absolute atomic E-state index is 13.3. The van der Waals surface area contributed by atoms with E-state index in [1.807, 2.05) is 26.8 Å². The lowest BCUT2D eigenvalue weighted by atomic mass is 9.87. The summed E-state index contributed by atoms with van der Waals surface area (Å²) < 4.78 is 10.9. The molecule has 2 aliphatic rings. The second kappa shape index (κ2) is 10.6. The van der Waals surface area contributed by atoms with Crippen LogP contribution in [0.1, 0.15) is 51.7 Å². The Hall–Kier alpha value is -2.28. The second-order valence-corrected chi connectivity index (χ2v) is 9.86. The number of carbonyl (C=O) groups excluding carboxylic acids is 2. The van der Waals surface area contributed by atoms with Gasteiger partial charge in [-0.3, -0.25) is 9.69 Å². The van der Waals surface area contributed by atoms with Gasteiger partial charge in [-0.15, -0.1) is 0 Å². The van der Waals surface area contributed by atoms with E-state index in [0.717, 1.165) is 38.0 Å². The Kier molecular flexibility index (Phi) is 8.04. The van der Waals surface area contributed by atoms with Crippen LogP contribution in [0, 0.1) is 0 Å². The fourth-order valence-electron chi connectivity index (χ4n) is 4.56. The van der Waals surface area contributed by atoms with Gasteiger partial charge in [-0.2, -0.15) is 0 Å². The SMILES string of the molecule is CCCN(C(=O)CN1CCN(C(=O)OC(C)(C)C)CC1)[C@@H]1CCc2ccc(OC)cc2C1. The summed E-state index contributed by atoms with van der Waals surface area (Å²) in [5, 5.41) is 0. The Morgan fingerprint density at radius 1 is 1.12 bits per heavy atom. The summed E-state index contributed by atoms with van der Waals surface area (Å²) in [6.45, 7) is 11.5. The minimum absolute atomic E-state index is 0.189.